The second kappa shape index (κ2) is 29.7. The number of benzene rings is 2. The maximum atomic E-state index is 5.18. The molecule has 0 heterocycles. The molecule has 270 valence electrons. The Morgan fingerprint density at radius 1 is 0.479 bits per heavy atom. The van der Waals surface area contributed by atoms with Crippen molar-refractivity contribution in [3.8, 4) is 11.8 Å². The summed E-state index contributed by atoms with van der Waals surface area (Å²) in [6, 6.07) is 14.0. The average molecular weight is 698 g/mol. The summed E-state index contributed by atoms with van der Waals surface area (Å²) in [6.07, 6.45) is 31.6. The number of rotatable bonds is 26. The normalized spacial score (nSPS) is 11.5. The summed E-state index contributed by atoms with van der Waals surface area (Å²) in [5, 5.41) is 0. The van der Waals surface area contributed by atoms with Crippen molar-refractivity contribution < 1.29 is 16.5 Å². The van der Waals surface area contributed by atoms with Crippen LogP contribution < -0.4 is 0 Å². The molecule has 2 aromatic rings. The van der Waals surface area contributed by atoms with Gasteiger partial charge >= 0.3 is 0 Å². The van der Waals surface area contributed by atoms with E-state index in [1.54, 1.807) is 0 Å². The summed E-state index contributed by atoms with van der Waals surface area (Å²) in [5.74, 6) is 6.93. The van der Waals surface area contributed by atoms with Gasteiger partial charge < -0.3 is 0 Å². The third-order valence-corrected chi connectivity index (χ3v) is 9.06. The van der Waals surface area contributed by atoms with E-state index in [2.05, 4.69) is 82.9 Å². The zero-order valence-corrected chi connectivity index (χ0v) is 32.7. The van der Waals surface area contributed by atoms with Gasteiger partial charge in [0.2, 0.25) is 0 Å². The van der Waals surface area contributed by atoms with Gasteiger partial charge in [0, 0.05) is 22.9 Å². The Kier molecular flexibility index (Phi) is 27.2. The fourth-order valence-corrected chi connectivity index (χ4v) is 6.21. The van der Waals surface area contributed by atoms with Crippen LogP contribution in [0.25, 0.3) is 0 Å². The summed E-state index contributed by atoms with van der Waals surface area (Å²) in [6.45, 7) is 11.4. The van der Waals surface area contributed by atoms with Gasteiger partial charge in [-0.2, -0.15) is 0 Å². The van der Waals surface area contributed by atoms with Crippen LogP contribution >= 0.6 is 0 Å². The van der Waals surface area contributed by atoms with E-state index >= 15 is 0 Å². The smallest absolute Gasteiger partial charge is 0.132 e. The van der Waals surface area contributed by atoms with E-state index in [1.165, 1.54) is 144 Å². The van der Waals surface area contributed by atoms with Crippen LogP contribution in [0.1, 0.15) is 185 Å². The van der Waals surface area contributed by atoms with E-state index < -0.39 is 0 Å². The van der Waals surface area contributed by atoms with Gasteiger partial charge in [0.15, 0.2) is 0 Å². The molecule has 0 radical (unpaired) electrons. The van der Waals surface area contributed by atoms with Crippen LogP contribution in [0.5, 0.6) is 0 Å². The van der Waals surface area contributed by atoms with Crippen molar-refractivity contribution in [2.45, 2.75) is 189 Å². The first-order valence-corrected chi connectivity index (χ1v) is 20.0. The zero-order valence-electron chi connectivity index (χ0n) is 31.7. The Hall–Kier alpha value is -2.17. The predicted octanol–water partition coefficient (Wildman–Crippen LogP) is 14.2. The standard InChI is InChI=1S/C45H70N2.Ni/c1-6-11-16-17-18-19-20-21-26-31-43(47-45-36-41(29-24-14-9-4)33-42(37-45)30-25-15-10-5)38-46-44-34-39(27-22-12-7-2)32-40(35-44)28-23-13-8-3;/h32-38H,6-25,27-30H2,1-5H3;/b46-38+,47-43+;. The first-order valence-electron chi connectivity index (χ1n) is 20.0. The molecule has 0 aliphatic heterocycles. The molecule has 2 rings (SSSR count). The van der Waals surface area contributed by atoms with Gasteiger partial charge in [-0.3, -0.25) is 4.99 Å². The second-order valence-corrected chi connectivity index (χ2v) is 13.8. The first kappa shape index (κ1) is 43.9. The van der Waals surface area contributed by atoms with E-state index in [0.29, 0.717) is 0 Å². The summed E-state index contributed by atoms with van der Waals surface area (Å²) in [5.41, 5.74) is 8.51. The molecule has 0 unspecified atom stereocenters. The van der Waals surface area contributed by atoms with Crippen LogP contribution in [-0.4, -0.2) is 11.9 Å². The minimum absolute atomic E-state index is 0. The monoisotopic (exact) mass is 696 g/mol. The Bertz CT molecular complexity index is 1160. The van der Waals surface area contributed by atoms with E-state index in [4.69, 9.17) is 9.98 Å². The van der Waals surface area contributed by atoms with Crippen molar-refractivity contribution in [2.75, 3.05) is 0 Å². The molecule has 0 saturated heterocycles. The molecular formula is C45H70N2Ni. The minimum Gasteiger partial charge on any atom is -0.254 e. The number of aliphatic imine (C=N–C) groups is 2. The maximum Gasteiger partial charge on any atom is 0.132 e. The molecule has 0 N–H and O–H groups in total. The molecule has 0 atom stereocenters. The molecule has 0 bridgehead atoms. The molecule has 0 aliphatic rings. The second-order valence-electron chi connectivity index (χ2n) is 13.8. The Morgan fingerprint density at radius 3 is 1.29 bits per heavy atom. The SMILES string of the molecule is CCCCCCCCCC#CC(/C=N/c1cc(CCCCC)cc(CCCCC)c1)=N\c1cc(CCCCC)cc(CCCCC)c1.[Ni]. The van der Waals surface area contributed by atoms with E-state index in [-0.39, 0.29) is 16.5 Å². The Balaban J connectivity index is 0.0000115. The molecule has 3 heteroatoms. The quantitative estimate of drug-likeness (QED) is 0.0405. The van der Waals surface area contributed by atoms with Gasteiger partial charge in [0.1, 0.15) is 5.71 Å². The molecule has 0 saturated carbocycles. The molecule has 48 heavy (non-hydrogen) atoms. The molecule has 2 nitrogen and oxygen atoms in total. The van der Waals surface area contributed by atoms with Crippen molar-refractivity contribution in [1.29, 1.82) is 0 Å². The minimum atomic E-state index is 0. The van der Waals surface area contributed by atoms with Gasteiger partial charge in [-0.05, 0) is 110 Å². The molecule has 0 spiro atoms. The molecule has 0 aromatic heterocycles. The zero-order chi connectivity index (χ0) is 33.8. The molecule has 0 fully saturated rings. The van der Waals surface area contributed by atoms with E-state index in [9.17, 15) is 0 Å². The fourth-order valence-electron chi connectivity index (χ4n) is 6.21. The maximum absolute atomic E-state index is 5.18. The van der Waals surface area contributed by atoms with Crippen LogP contribution in [0, 0.1) is 11.8 Å². The molecule has 2 aromatic carbocycles. The Morgan fingerprint density at radius 2 is 0.854 bits per heavy atom. The number of unbranched alkanes of at least 4 members (excludes halogenated alkanes) is 15. The topological polar surface area (TPSA) is 24.7 Å². The van der Waals surface area contributed by atoms with E-state index in [1.807, 2.05) is 6.21 Å². The van der Waals surface area contributed by atoms with E-state index in [0.717, 1.165) is 49.2 Å². The predicted molar refractivity (Wildman–Crippen MR) is 211 cm³/mol. The molecule has 0 aliphatic carbocycles. The van der Waals surface area contributed by atoms with Gasteiger partial charge in [-0.25, -0.2) is 4.99 Å². The van der Waals surface area contributed by atoms with Crippen LogP contribution in [0.15, 0.2) is 46.4 Å². The van der Waals surface area contributed by atoms with Gasteiger partial charge in [0.05, 0.1) is 17.6 Å². The molecular weight excluding hydrogens is 627 g/mol. The van der Waals surface area contributed by atoms with Crippen molar-refractivity contribution >= 4 is 23.3 Å². The third kappa shape index (κ3) is 21.0. The van der Waals surface area contributed by atoms with Crippen LogP contribution in [0.3, 0.4) is 0 Å². The summed E-state index contributed by atoms with van der Waals surface area (Å²) in [4.78, 5) is 10.2. The average Bonchev–Trinajstić information content (AvgIpc) is 3.07. The van der Waals surface area contributed by atoms with Crippen molar-refractivity contribution in [1.82, 2.24) is 0 Å². The van der Waals surface area contributed by atoms with Crippen LogP contribution in [0.4, 0.5) is 11.4 Å². The van der Waals surface area contributed by atoms with Crippen molar-refractivity contribution in [2.24, 2.45) is 9.98 Å². The number of hydrogen-bond acceptors (Lipinski definition) is 2. The largest absolute Gasteiger partial charge is 0.254 e. The van der Waals surface area contributed by atoms with Gasteiger partial charge in [-0.15, -0.1) is 0 Å². The number of hydrogen-bond donors (Lipinski definition) is 0. The third-order valence-electron chi connectivity index (χ3n) is 9.06. The number of nitrogens with zero attached hydrogens (tertiary/aromatic N) is 2. The van der Waals surface area contributed by atoms with Crippen LogP contribution in [0.2, 0.25) is 0 Å². The Labute approximate surface area is 307 Å². The molecule has 0 amide bonds. The van der Waals surface area contributed by atoms with Crippen molar-refractivity contribution in [3.05, 3.63) is 58.7 Å². The van der Waals surface area contributed by atoms with Crippen LogP contribution in [-0.2, 0) is 42.2 Å². The van der Waals surface area contributed by atoms with Gasteiger partial charge in [-0.1, -0.05) is 143 Å². The number of aryl methyl sites for hydroxylation is 4. The fraction of sp³-hybridized carbons (Fsp3) is 0.644. The van der Waals surface area contributed by atoms with Crippen molar-refractivity contribution in [3.63, 3.8) is 0 Å². The summed E-state index contributed by atoms with van der Waals surface area (Å²) < 4.78 is 0. The summed E-state index contributed by atoms with van der Waals surface area (Å²) in [7, 11) is 0. The summed E-state index contributed by atoms with van der Waals surface area (Å²) >= 11 is 0. The van der Waals surface area contributed by atoms with Gasteiger partial charge in [0.25, 0.3) is 0 Å². The first-order chi connectivity index (χ1) is 23.1.